The van der Waals surface area contributed by atoms with E-state index in [1.807, 2.05) is 0 Å². The molecule has 0 radical (unpaired) electrons. The summed E-state index contributed by atoms with van der Waals surface area (Å²) >= 11 is 0. The zero-order chi connectivity index (χ0) is 18.4. The molecule has 25 heavy (non-hydrogen) atoms. The number of ether oxygens (including phenoxy) is 3. The van der Waals surface area contributed by atoms with Gasteiger partial charge in [-0.2, -0.15) is 0 Å². The van der Waals surface area contributed by atoms with Crippen LogP contribution in [-0.2, 0) is 23.8 Å². The van der Waals surface area contributed by atoms with Crippen LogP contribution in [0.5, 0.6) is 0 Å². The van der Waals surface area contributed by atoms with Crippen LogP contribution in [-0.4, -0.2) is 82.2 Å². The van der Waals surface area contributed by atoms with Crippen molar-refractivity contribution in [1.29, 1.82) is 0 Å². The van der Waals surface area contributed by atoms with Gasteiger partial charge in [-0.1, -0.05) is 6.92 Å². The molecule has 2 bridgehead atoms. The van der Waals surface area contributed by atoms with Crippen LogP contribution in [0.25, 0.3) is 0 Å². The van der Waals surface area contributed by atoms with Crippen LogP contribution in [0.2, 0.25) is 0 Å². The van der Waals surface area contributed by atoms with Crippen molar-refractivity contribution >= 4 is 11.9 Å². The fourth-order valence-corrected chi connectivity index (χ4v) is 5.94. The summed E-state index contributed by atoms with van der Waals surface area (Å²) in [5.74, 6) is -2.38. The number of methoxy groups -OCH3 is 1. The minimum absolute atomic E-state index is 0.0612. The highest BCUT2D eigenvalue weighted by atomic mass is 16.6. The molecule has 4 N–H and O–H groups in total. The fourth-order valence-electron chi connectivity index (χ4n) is 5.94. The molecule has 2 aliphatic carbocycles. The largest absolute Gasteiger partial charge is 0.464 e. The third-order valence-corrected chi connectivity index (χ3v) is 7.20. The molecule has 0 aromatic carbocycles. The molecule has 4 aliphatic rings. The van der Waals surface area contributed by atoms with E-state index in [1.54, 1.807) is 6.92 Å². The van der Waals surface area contributed by atoms with Gasteiger partial charge in [-0.15, -0.1) is 0 Å². The number of hydrogen-bond acceptors (Lipinski definition) is 9. The molecule has 2 heterocycles. The number of carbonyl (C=O) groups excluding carboxylic acids is 2. The number of aliphatic hydroxyl groups is 4. The lowest BCUT2D eigenvalue weighted by molar-refractivity contribution is -0.380. The highest BCUT2D eigenvalue weighted by Crippen LogP contribution is 2.72. The highest BCUT2D eigenvalue weighted by molar-refractivity contribution is 5.88. The summed E-state index contributed by atoms with van der Waals surface area (Å²) in [6.45, 7) is 0.919. The Hall–Kier alpha value is -1.26. The molecule has 2 aliphatic heterocycles. The van der Waals surface area contributed by atoms with Gasteiger partial charge in [0.2, 0.25) is 0 Å². The van der Waals surface area contributed by atoms with Crippen molar-refractivity contribution in [1.82, 2.24) is 0 Å². The Labute approximate surface area is 143 Å². The monoisotopic (exact) mass is 358 g/mol. The van der Waals surface area contributed by atoms with E-state index >= 15 is 0 Å². The third kappa shape index (κ3) is 1.43. The van der Waals surface area contributed by atoms with Crippen molar-refractivity contribution in [3.8, 4) is 0 Å². The van der Waals surface area contributed by atoms with Gasteiger partial charge in [0.15, 0.2) is 11.5 Å². The Kier molecular flexibility index (Phi) is 3.24. The molecule has 0 aromatic heterocycles. The Balaban J connectivity index is 2.02. The number of cyclic esters (lactones) is 1. The molecular formula is C16H22O9. The standard InChI is InChI=1S/C16H22O9/c1-7-3-8(17)16(22)13(7)4-9(25-11(19)10(13)18)15(21,6-23-2)14(16)5-24-12(14)20/h7-10,17-18,21-22H,3-6H2,1-2H3/t7-,8-,9-,10+,13+,14+,15+,16-/m1/s1. The summed E-state index contributed by atoms with van der Waals surface area (Å²) in [5, 5.41) is 44.4. The number of carbonyl (C=O) groups is 2. The van der Waals surface area contributed by atoms with E-state index in [-0.39, 0.29) is 19.4 Å². The average Bonchev–Trinajstić information content (AvgIpc) is 2.72. The molecule has 8 atom stereocenters. The van der Waals surface area contributed by atoms with E-state index in [0.29, 0.717) is 0 Å². The van der Waals surface area contributed by atoms with Gasteiger partial charge in [-0.25, -0.2) is 4.79 Å². The quantitative estimate of drug-likeness (QED) is 0.401. The number of fused-ring (bicyclic) bond motifs is 2. The van der Waals surface area contributed by atoms with Crippen LogP contribution >= 0.6 is 0 Å². The molecule has 0 unspecified atom stereocenters. The molecule has 0 amide bonds. The lowest BCUT2D eigenvalue weighted by Crippen LogP contribution is -2.89. The van der Waals surface area contributed by atoms with Crippen molar-refractivity contribution in [2.75, 3.05) is 20.3 Å². The number of rotatable bonds is 2. The van der Waals surface area contributed by atoms with Crippen LogP contribution < -0.4 is 0 Å². The summed E-state index contributed by atoms with van der Waals surface area (Å²) in [6.07, 6.45) is -4.36. The van der Waals surface area contributed by atoms with Gasteiger partial charge in [0.05, 0.1) is 12.7 Å². The van der Waals surface area contributed by atoms with Crippen LogP contribution in [0.3, 0.4) is 0 Å². The summed E-state index contributed by atoms with van der Waals surface area (Å²) in [7, 11) is 1.30. The Morgan fingerprint density at radius 2 is 1.96 bits per heavy atom. The van der Waals surface area contributed by atoms with Crippen LogP contribution in [0.4, 0.5) is 0 Å². The first-order valence-electron chi connectivity index (χ1n) is 8.31. The van der Waals surface area contributed by atoms with Crippen molar-refractivity contribution < 1.29 is 44.2 Å². The molecule has 140 valence electrons. The molecule has 2 saturated carbocycles. The lowest BCUT2D eigenvalue weighted by atomic mass is 9.41. The van der Waals surface area contributed by atoms with Crippen molar-refractivity contribution in [3.05, 3.63) is 0 Å². The molecule has 4 fully saturated rings. The number of aliphatic hydroxyl groups excluding tert-OH is 2. The summed E-state index contributed by atoms with van der Waals surface area (Å²) in [6, 6.07) is 0. The van der Waals surface area contributed by atoms with Gasteiger partial charge >= 0.3 is 11.9 Å². The number of esters is 2. The Morgan fingerprint density at radius 1 is 1.28 bits per heavy atom. The Morgan fingerprint density at radius 3 is 2.48 bits per heavy atom. The van der Waals surface area contributed by atoms with Gasteiger partial charge in [-0.05, 0) is 18.8 Å². The maximum atomic E-state index is 12.6. The topological polar surface area (TPSA) is 143 Å². The maximum absolute atomic E-state index is 12.6. The molecule has 9 heteroatoms. The van der Waals surface area contributed by atoms with Gasteiger partial charge in [0.25, 0.3) is 0 Å². The van der Waals surface area contributed by atoms with Crippen molar-refractivity contribution in [3.63, 3.8) is 0 Å². The average molecular weight is 358 g/mol. The molecule has 2 spiro atoms. The second kappa shape index (κ2) is 4.72. The first kappa shape index (κ1) is 17.2. The molecule has 2 saturated heterocycles. The van der Waals surface area contributed by atoms with E-state index in [4.69, 9.17) is 14.2 Å². The fraction of sp³-hybridized carbons (Fsp3) is 0.875. The maximum Gasteiger partial charge on any atom is 0.336 e. The van der Waals surface area contributed by atoms with Gasteiger partial charge in [0.1, 0.15) is 23.9 Å². The highest BCUT2D eigenvalue weighted by Gasteiger charge is 2.90. The normalized spacial score (nSPS) is 56.9. The smallest absolute Gasteiger partial charge is 0.336 e. The summed E-state index contributed by atoms with van der Waals surface area (Å²) in [5.41, 5.74) is -7.82. The first-order valence-corrected chi connectivity index (χ1v) is 8.31. The zero-order valence-corrected chi connectivity index (χ0v) is 14.0. The van der Waals surface area contributed by atoms with Gasteiger partial charge < -0.3 is 34.6 Å². The predicted molar refractivity (Wildman–Crippen MR) is 77.9 cm³/mol. The van der Waals surface area contributed by atoms with Gasteiger partial charge in [0, 0.05) is 12.5 Å². The Bertz CT molecular complexity index is 652. The van der Waals surface area contributed by atoms with Gasteiger partial charge in [-0.3, -0.25) is 4.79 Å². The predicted octanol–water partition coefficient (Wildman–Crippen LogP) is -2.28. The first-order chi connectivity index (χ1) is 11.6. The van der Waals surface area contributed by atoms with E-state index in [9.17, 15) is 30.0 Å². The van der Waals surface area contributed by atoms with Crippen LogP contribution in [0.1, 0.15) is 19.8 Å². The zero-order valence-electron chi connectivity index (χ0n) is 14.0. The van der Waals surface area contributed by atoms with E-state index in [1.165, 1.54) is 7.11 Å². The molecular weight excluding hydrogens is 336 g/mol. The second-order valence-electron chi connectivity index (χ2n) is 7.83. The summed E-state index contributed by atoms with van der Waals surface area (Å²) < 4.78 is 15.2. The minimum Gasteiger partial charge on any atom is -0.464 e. The third-order valence-electron chi connectivity index (χ3n) is 7.20. The summed E-state index contributed by atoms with van der Waals surface area (Å²) in [4.78, 5) is 24.9. The lowest BCUT2D eigenvalue weighted by Gasteiger charge is -2.69. The SMILES string of the molecule is COC[C@]1(O)[C@H]2C[C@]3([C@H](C)C[C@@H](O)[C@]3(O)[C@]13COC3=O)[C@@H](O)C(=O)O2. The van der Waals surface area contributed by atoms with E-state index in [0.717, 1.165) is 0 Å². The second-order valence-corrected chi connectivity index (χ2v) is 7.83. The number of hydrogen-bond donors (Lipinski definition) is 4. The van der Waals surface area contributed by atoms with E-state index < -0.39 is 64.8 Å². The van der Waals surface area contributed by atoms with Crippen molar-refractivity contribution in [2.24, 2.45) is 16.7 Å². The van der Waals surface area contributed by atoms with E-state index in [2.05, 4.69) is 0 Å². The minimum atomic E-state index is -2.25. The van der Waals surface area contributed by atoms with Crippen molar-refractivity contribution in [2.45, 2.75) is 49.3 Å². The molecule has 4 rings (SSSR count). The molecule has 9 nitrogen and oxygen atoms in total. The van der Waals surface area contributed by atoms with Crippen LogP contribution in [0, 0.1) is 16.7 Å². The molecule has 0 aromatic rings. The van der Waals surface area contributed by atoms with Crippen LogP contribution in [0.15, 0.2) is 0 Å².